The fourth-order valence-corrected chi connectivity index (χ4v) is 3.04. The van der Waals surface area contributed by atoms with Gasteiger partial charge in [-0.15, -0.1) is 0 Å². The first-order valence-corrected chi connectivity index (χ1v) is 6.73. The van der Waals surface area contributed by atoms with E-state index in [1.54, 1.807) is 0 Å². The maximum Gasteiger partial charge on any atom is 0 e. The summed E-state index contributed by atoms with van der Waals surface area (Å²) in [5.74, 6) is 0. The average molecular weight is 243 g/mol. The smallest absolute Gasteiger partial charge is 0 e. The van der Waals surface area contributed by atoms with Gasteiger partial charge in [-0.3, -0.25) is 0 Å². The molecule has 0 saturated carbocycles. The largest absolute Gasteiger partial charge is 0.0622 e. The van der Waals surface area contributed by atoms with E-state index < -0.39 is 0 Å². The summed E-state index contributed by atoms with van der Waals surface area (Å²) in [6.45, 7) is 0. The molecule has 1 radical (unpaired) electrons. The Morgan fingerprint density at radius 2 is 1.22 bits per heavy atom. The van der Waals surface area contributed by atoms with Crippen molar-refractivity contribution >= 4 is 48.8 Å². The number of hydrogen-bond donors (Lipinski definition) is 0. The Morgan fingerprint density at radius 3 is 2.00 bits per heavy atom. The van der Waals surface area contributed by atoms with Gasteiger partial charge in [0.15, 0.2) is 0 Å². The first-order valence-electron chi connectivity index (χ1n) is 5.73. The van der Waals surface area contributed by atoms with Crippen molar-refractivity contribution in [1.82, 2.24) is 0 Å². The van der Waals surface area contributed by atoms with Gasteiger partial charge in [0.05, 0.1) is 0 Å². The van der Waals surface area contributed by atoms with Gasteiger partial charge >= 0.3 is 0 Å². The molecule has 0 N–H and O–H groups in total. The van der Waals surface area contributed by atoms with Gasteiger partial charge in [0.1, 0.15) is 0 Å². The zero-order chi connectivity index (χ0) is 11.5. The zero-order valence-corrected chi connectivity index (χ0v) is 11.4. The molecule has 0 spiro atoms. The predicted molar refractivity (Wildman–Crippen MR) is 83.7 cm³/mol. The van der Waals surface area contributed by atoms with Gasteiger partial charge in [0.25, 0.3) is 0 Å². The number of fused-ring (bicyclic) bond motifs is 1. The summed E-state index contributed by atoms with van der Waals surface area (Å²) in [4.78, 5) is 0. The third-order valence-electron chi connectivity index (χ3n) is 2.81. The molecule has 0 aliphatic heterocycles. The van der Waals surface area contributed by atoms with Gasteiger partial charge in [0.2, 0.25) is 0 Å². The van der Waals surface area contributed by atoms with Crippen molar-refractivity contribution in [1.29, 1.82) is 0 Å². The third kappa shape index (κ3) is 3.04. The van der Waals surface area contributed by atoms with E-state index in [0.29, 0.717) is 0 Å². The summed E-state index contributed by atoms with van der Waals surface area (Å²) in [5, 5.41) is 5.43. The van der Waals surface area contributed by atoms with Crippen LogP contribution in [0.5, 0.6) is 0 Å². The minimum Gasteiger partial charge on any atom is -0.0622 e. The Balaban J connectivity index is 0.00000120. The monoisotopic (exact) mass is 243 g/mol. The summed E-state index contributed by atoms with van der Waals surface area (Å²) < 4.78 is 0. The maximum absolute atomic E-state index is 2.29. The predicted octanol–water partition coefficient (Wildman–Crippen LogP) is 3.09. The van der Waals surface area contributed by atoms with E-state index in [4.69, 9.17) is 0 Å². The zero-order valence-electron chi connectivity index (χ0n) is 10.4. The molecule has 0 fully saturated rings. The Labute approximate surface area is 121 Å². The standard InChI is InChI=1S/C16H13P.Li/c1-2-8-15(9-3-1)17-16-11-10-13-6-4-5-7-14(13)12-16;/h1-12,17H;. The summed E-state index contributed by atoms with van der Waals surface area (Å²) in [6, 6.07) is 25.9. The van der Waals surface area contributed by atoms with Crippen LogP contribution in [0.25, 0.3) is 10.8 Å². The van der Waals surface area contributed by atoms with Crippen LogP contribution in [-0.2, 0) is 0 Å². The molecule has 0 aliphatic rings. The quantitative estimate of drug-likeness (QED) is 0.479. The van der Waals surface area contributed by atoms with E-state index in [1.165, 1.54) is 21.4 Å². The summed E-state index contributed by atoms with van der Waals surface area (Å²) in [7, 11) is 0.740. The fourth-order valence-electron chi connectivity index (χ4n) is 1.96. The van der Waals surface area contributed by atoms with Crippen molar-refractivity contribution in [2.45, 2.75) is 0 Å². The Kier molecular flexibility index (Phi) is 4.62. The molecular weight excluding hydrogens is 230 g/mol. The molecule has 3 aromatic rings. The molecule has 1 unspecified atom stereocenters. The fraction of sp³-hybridized carbons (Fsp3) is 0. The Morgan fingerprint density at radius 1 is 0.556 bits per heavy atom. The van der Waals surface area contributed by atoms with Crippen molar-refractivity contribution in [3.63, 3.8) is 0 Å². The number of rotatable bonds is 2. The van der Waals surface area contributed by atoms with Crippen LogP contribution < -0.4 is 10.6 Å². The molecule has 0 heterocycles. The first kappa shape index (κ1) is 13.4. The van der Waals surface area contributed by atoms with Gasteiger partial charge in [-0.05, 0) is 27.4 Å². The SMILES string of the molecule is [Li].c1ccc(Pc2ccc3ccccc3c2)cc1. The summed E-state index contributed by atoms with van der Waals surface area (Å²) >= 11 is 0. The van der Waals surface area contributed by atoms with Crippen LogP contribution in [0.2, 0.25) is 0 Å². The average Bonchev–Trinajstić information content (AvgIpc) is 2.40. The molecule has 83 valence electrons. The van der Waals surface area contributed by atoms with Crippen LogP contribution in [0.3, 0.4) is 0 Å². The van der Waals surface area contributed by atoms with Crippen LogP contribution in [0.1, 0.15) is 0 Å². The second-order valence-electron chi connectivity index (χ2n) is 4.05. The van der Waals surface area contributed by atoms with E-state index in [0.717, 1.165) is 8.58 Å². The molecule has 0 aliphatic carbocycles. The number of benzene rings is 3. The molecule has 18 heavy (non-hydrogen) atoms. The molecule has 0 aromatic heterocycles. The van der Waals surface area contributed by atoms with Gasteiger partial charge in [0, 0.05) is 18.9 Å². The van der Waals surface area contributed by atoms with E-state index in [-0.39, 0.29) is 18.9 Å². The van der Waals surface area contributed by atoms with Gasteiger partial charge in [-0.1, -0.05) is 75.3 Å². The van der Waals surface area contributed by atoms with Gasteiger partial charge in [-0.25, -0.2) is 0 Å². The molecule has 0 bridgehead atoms. The molecule has 0 nitrogen and oxygen atoms in total. The number of hydrogen-bond acceptors (Lipinski definition) is 0. The maximum atomic E-state index is 2.29. The van der Waals surface area contributed by atoms with Gasteiger partial charge in [-0.2, -0.15) is 0 Å². The van der Waals surface area contributed by atoms with Crippen LogP contribution in [0, 0.1) is 0 Å². The topological polar surface area (TPSA) is 0 Å². The second-order valence-corrected chi connectivity index (χ2v) is 5.46. The molecule has 0 amide bonds. The first-order chi connectivity index (χ1) is 8.42. The van der Waals surface area contributed by atoms with Crippen molar-refractivity contribution in [3.8, 4) is 0 Å². The van der Waals surface area contributed by atoms with Crippen LogP contribution >= 0.6 is 8.58 Å². The molecule has 3 aromatic carbocycles. The van der Waals surface area contributed by atoms with E-state index >= 15 is 0 Å². The third-order valence-corrected chi connectivity index (χ3v) is 4.03. The normalized spacial score (nSPS) is 10.7. The Bertz CT molecular complexity index is 635. The van der Waals surface area contributed by atoms with E-state index in [9.17, 15) is 0 Å². The summed E-state index contributed by atoms with van der Waals surface area (Å²) in [6.07, 6.45) is 0. The minimum atomic E-state index is 0. The summed E-state index contributed by atoms with van der Waals surface area (Å²) in [5.41, 5.74) is 0. The minimum absolute atomic E-state index is 0. The van der Waals surface area contributed by atoms with Crippen LogP contribution in [-0.4, -0.2) is 18.9 Å². The van der Waals surface area contributed by atoms with E-state index in [2.05, 4.69) is 72.8 Å². The molecule has 1 atom stereocenters. The molecule has 0 saturated heterocycles. The van der Waals surface area contributed by atoms with Crippen LogP contribution in [0.4, 0.5) is 0 Å². The van der Waals surface area contributed by atoms with Crippen molar-refractivity contribution in [2.75, 3.05) is 0 Å². The van der Waals surface area contributed by atoms with E-state index in [1.807, 2.05) is 0 Å². The molecule has 3 rings (SSSR count). The second kappa shape index (κ2) is 6.21. The Hall–Kier alpha value is -1.05. The van der Waals surface area contributed by atoms with Crippen molar-refractivity contribution in [3.05, 3.63) is 72.8 Å². The van der Waals surface area contributed by atoms with Crippen molar-refractivity contribution in [2.24, 2.45) is 0 Å². The molecular formula is C16H13LiP. The van der Waals surface area contributed by atoms with Crippen molar-refractivity contribution < 1.29 is 0 Å². The van der Waals surface area contributed by atoms with Crippen LogP contribution in [0.15, 0.2) is 72.8 Å². The van der Waals surface area contributed by atoms with Gasteiger partial charge < -0.3 is 0 Å². The molecule has 2 heteroatoms.